The minimum absolute atomic E-state index is 0.0480. The van der Waals surface area contributed by atoms with E-state index in [2.05, 4.69) is 41.2 Å². The van der Waals surface area contributed by atoms with E-state index in [0.29, 0.717) is 11.2 Å². The summed E-state index contributed by atoms with van der Waals surface area (Å²) in [6.07, 6.45) is 1.07. The number of hydrogen-bond acceptors (Lipinski definition) is 4. The lowest BCUT2D eigenvalue weighted by Gasteiger charge is -2.34. The minimum Gasteiger partial charge on any atom is -0.323 e. The van der Waals surface area contributed by atoms with Crippen LogP contribution in [0.15, 0.2) is 35.5 Å². The first-order valence-corrected chi connectivity index (χ1v) is 8.26. The third-order valence-corrected chi connectivity index (χ3v) is 5.27. The molecule has 0 aliphatic heterocycles. The summed E-state index contributed by atoms with van der Waals surface area (Å²) in [5.41, 5.74) is 11.2. The van der Waals surface area contributed by atoms with Gasteiger partial charge in [-0.05, 0) is 43.4 Å². The molecule has 0 fully saturated rings. The number of rotatable bonds is 2. The predicted octanol–water partition coefficient (Wildman–Crippen LogP) is 3.76. The number of fused-ring (bicyclic) bond motifs is 1. The van der Waals surface area contributed by atoms with Crippen molar-refractivity contribution < 1.29 is 0 Å². The first-order valence-electron chi connectivity index (χ1n) is 7.38. The highest BCUT2D eigenvalue weighted by atomic mass is 32.2. The lowest BCUT2D eigenvalue weighted by molar-refractivity contribution is 0.526. The van der Waals surface area contributed by atoms with Crippen LogP contribution in [-0.4, -0.2) is 15.2 Å². The third kappa shape index (κ3) is 2.97. The van der Waals surface area contributed by atoms with Crippen molar-refractivity contribution >= 4 is 11.8 Å². The van der Waals surface area contributed by atoms with E-state index in [-0.39, 0.29) is 6.04 Å². The zero-order valence-electron chi connectivity index (χ0n) is 12.7. The molecule has 0 amide bonds. The average molecular weight is 299 g/mol. The van der Waals surface area contributed by atoms with E-state index in [1.165, 1.54) is 11.1 Å². The lowest BCUT2D eigenvalue weighted by Crippen LogP contribution is -2.31. The fourth-order valence-corrected chi connectivity index (χ4v) is 4.43. The van der Waals surface area contributed by atoms with Crippen molar-refractivity contribution in [3.8, 4) is 0 Å². The Labute approximate surface area is 130 Å². The van der Waals surface area contributed by atoms with Crippen molar-refractivity contribution in [2.24, 2.45) is 5.73 Å². The summed E-state index contributed by atoms with van der Waals surface area (Å²) in [6, 6.07) is 10.6. The predicted molar refractivity (Wildman–Crippen MR) is 87.6 cm³/mol. The van der Waals surface area contributed by atoms with Gasteiger partial charge in [0.25, 0.3) is 0 Å². The zero-order valence-corrected chi connectivity index (χ0v) is 13.5. The summed E-state index contributed by atoms with van der Waals surface area (Å²) in [6.45, 7) is 6.30. The molecular weight excluding hydrogens is 278 g/mol. The van der Waals surface area contributed by atoms with Crippen LogP contribution < -0.4 is 5.73 Å². The monoisotopic (exact) mass is 299 g/mol. The van der Waals surface area contributed by atoms with Crippen molar-refractivity contribution in [3.63, 3.8) is 0 Å². The van der Waals surface area contributed by atoms with Gasteiger partial charge in [0.1, 0.15) is 0 Å². The van der Waals surface area contributed by atoms with Crippen LogP contribution >= 0.6 is 11.8 Å². The molecule has 110 valence electrons. The van der Waals surface area contributed by atoms with E-state index in [0.717, 1.165) is 23.0 Å². The van der Waals surface area contributed by atoms with Crippen molar-refractivity contribution in [2.45, 2.75) is 49.6 Å². The van der Waals surface area contributed by atoms with Crippen molar-refractivity contribution in [1.82, 2.24) is 9.97 Å². The summed E-state index contributed by atoms with van der Waals surface area (Å²) in [5.74, 6) is 0.532. The highest BCUT2D eigenvalue weighted by molar-refractivity contribution is 7.99. The Morgan fingerprint density at radius 2 is 1.71 bits per heavy atom. The second-order valence-corrected chi connectivity index (χ2v) is 7.09. The van der Waals surface area contributed by atoms with Crippen molar-refractivity contribution in [3.05, 3.63) is 52.8 Å². The van der Waals surface area contributed by atoms with Gasteiger partial charge >= 0.3 is 0 Å². The number of nitrogens with zero attached hydrogens (tertiary/aromatic N) is 2. The maximum atomic E-state index is 6.50. The minimum atomic E-state index is 0.0480. The molecule has 0 saturated carbocycles. The summed E-state index contributed by atoms with van der Waals surface area (Å²) in [5, 5.41) is 1.18. The molecule has 3 nitrogen and oxygen atoms in total. The first kappa shape index (κ1) is 14.5. The Kier molecular flexibility index (Phi) is 4.00. The van der Waals surface area contributed by atoms with Gasteiger partial charge in [-0.2, -0.15) is 0 Å². The van der Waals surface area contributed by atoms with E-state index in [1.807, 2.05) is 19.9 Å². The number of aryl methyl sites for hydroxylation is 2. The van der Waals surface area contributed by atoms with Gasteiger partial charge in [-0.3, -0.25) is 0 Å². The van der Waals surface area contributed by atoms with Gasteiger partial charge in [0.05, 0.1) is 0 Å². The van der Waals surface area contributed by atoms with E-state index < -0.39 is 0 Å². The Balaban J connectivity index is 1.87. The van der Waals surface area contributed by atoms with E-state index in [4.69, 9.17) is 5.73 Å². The van der Waals surface area contributed by atoms with Gasteiger partial charge in [-0.15, -0.1) is 0 Å². The van der Waals surface area contributed by atoms with Crippen LogP contribution in [0.2, 0.25) is 0 Å². The molecule has 3 unspecified atom stereocenters. The molecule has 1 aromatic heterocycles. The van der Waals surface area contributed by atoms with E-state index >= 15 is 0 Å². The molecule has 4 heteroatoms. The molecule has 1 aliphatic carbocycles. The summed E-state index contributed by atoms with van der Waals surface area (Å²) in [7, 11) is 0. The third-order valence-electron chi connectivity index (χ3n) is 4.09. The Hall–Kier alpha value is -1.39. The van der Waals surface area contributed by atoms with Gasteiger partial charge in [0.2, 0.25) is 0 Å². The normalized spacial score (nSPS) is 24.7. The second kappa shape index (κ2) is 5.78. The molecule has 0 saturated heterocycles. The molecular formula is C17H21N3S. The molecule has 2 N–H and O–H groups in total. The fourth-order valence-electron chi connectivity index (χ4n) is 3.09. The zero-order chi connectivity index (χ0) is 15.0. The molecule has 1 heterocycles. The van der Waals surface area contributed by atoms with Crippen LogP contribution in [0.3, 0.4) is 0 Å². The van der Waals surface area contributed by atoms with Crippen molar-refractivity contribution in [1.29, 1.82) is 0 Å². The van der Waals surface area contributed by atoms with Crippen molar-refractivity contribution in [2.75, 3.05) is 0 Å². The summed E-state index contributed by atoms with van der Waals surface area (Å²) >= 11 is 1.72. The van der Waals surface area contributed by atoms with E-state index in [9.17, 15) is 0 Å². The average Bonchev–Trinajstić information content (AvgIpc) is 2.43. The maximum absolute atomic E-state index is 6.50. The number of hydrogen-bond donors (Lipinski definition) is 1. The number of aromatic nitrogens is 2. The Bertz CT molecular complexity index is 636. The van der Waals surface area contributed by atoms with Crippen LogP contribution in [0.5, 0.6) is 0 Å². The van der Waals surface area contributed by atoms with Gasteiger partial charge in [0.15, 0.2) is 5.16 Å². The molecule has 1 aliphatic rings. The quantitative estimate of drug-likeness (QED) is 0.858. The van der Waals surface area contributed by atoms with Gasteiger partial charge in [0, 0.05) is 22.7 Å². The molecule has 3 atom stereocenters. The van der Waals surface area contributed by atoms with Crippen LogP contribution in [-0.2, 0) is 0 Å². The molecule has 2 aromatic rings. The molecule has 0 spiro atoms. The number of nitrogens with two attached hydrogens (primary N) is 1. The van der Waals surface area contributed by atoms with Crippen LogP contribution in [0.4, 0.5) is 0 Å². The number of benzene rings is 1. The molecule has 21 heavy (non-hydrogen) atoms. The van der Waals surface area contributed by atoms with Crippen LogP contribution in [0, 0.1) is 13.8 Å². The van der Waals surface area contributed by atoms with Gasteiger partial charge in [-0.1, -0.05) is 43.0 Å². The SMILES string of the molecule is Cc1cc(C)nc(SC2CC(C)c3ccccc3C2N)n1. The summed E-state index contributed by atoms with van der Waals surface area (Å²) < 4.78 is 0. The Morgan fingerprint density at radius 3 is 2.38 bits per heavy atom. The molecule has 0 bridgehead atoms. The van der Waals surface area contributed by atoms with Crippen LogP contribution in [0.25, 0.3) is 0 Å². The maximum Gasteiger partial charge on any atom is 0.188 e. The highest BCUT2D eigenvalue weighted by Gasteiger charge is 2.31. The second-order valence-electron chi connectivity index (χ2n) is 5.88. The fraction of sp³-hybridized carbons (Fsp3) is 0.412. The molecule has 0 radical (unpaired) electrons. The molecule has 3 rings (SSSR count). The van der Waals surface area contributed by atoms with Gasteiger partial charge in [-0.25, -0.2) is 9.97 Å². The number of thioether (sulfide) groups is 1. The molecule has 1 aromatic carbocycles. The smallest absolute Gasteiger partial charge is 0.188 e. The highest BCUT2D eigenvalue weighted by Crippen LogP contribution is 2.43. The summed E-state index contributed by atoms with van der Waals surface area (Å²) in [4.78, 5) is 9.08. The largest absolute Gasteiger partial charge is 0.323 e. The first-order chi connectivity index (χ1) is 10.0. The van der Waals surface area contributed by atoms with Gasteiger partial charge < -0.3 is 5.73 Å². The Morgan fingerprint density at radius 1 is 1.10 bits per heavy atom. The standard InChI is InChI=1S/C17H21N3S/c1-10-8-15(16(18)14-7-5-4-6-13(10)14)21-17-19-11(2)9-12(3)20-17/h4-7,9-10,15-16H,8,18H2,1-3H3. The van der Waals surface area contributed by atoms with Crippen LogP contribution in [0.1, 0.15) is 47.8 Å². The van der Waals surface area contributed by atoms with E-state index in [1.54, 1.807) is 11.8 Å². The lowest BCUT2D eigenvalue weighted by atomic mass is 9.81. The topological polar surface area (TPSA) is 51.8 Å².